The highest BCUT2D eigenvalue weighted by Crippen LogP contribution is 2.30. The number of rotatable bonds is 5. The van der Waals surface area contributed by atoms with Gasteiger partial charge < -0.3 is 14.4 Å². The molecule has 0 N–H and O–H groups in total. The smallest absolute Gasteiger partial charge is 0.410 e. The third-order valence-electron chi connectivity index (χ3n) is 3.69. The Balaban J connectivity index is 2.50. The van der Waals surface area contributed by atoms with Crippen LogP contribution in [0, 0.1) is 17.8 Å². The van der Waals surface area contributed by atoms with Crippen LogP contribution < -0.4 is 0 Å². The van der Waals surface area contributed by atoms with E-state index in [4.69, 9.17) is 9.47 Å². The molecule has 122 valence electrons. The number of ether oxygens (including phenoxy) is 2. The van der Waals surface area contributed by atoms with Crippen molar-refractivity contribution in [3.63, 3.8) is 0 Å². The minimum absolute atomic E-state index is 0.115. The minimum atomic E-state index is -0.485. The second kappa shape index (κ2) is 7.14. The summed E-state index contributed by atoms with van der Waals surface area (Å²) in [4.78, 5) is 25.5. The van der Waals surface area contributed by atoms with Gasteiger partial charge in [0.2, 0.25) is 0 Å². The fourth-order valence-electron chi connectivity index (χ4n) is 2.45. The fraction of sp³-hybridized carbons (Fsp3) is 0.875. The Bertz CT molecular complexity index is 367. The predicted octanol–water partition coefficient (Wildman–Crippen LogP) is 3.08. The zero-order valence-electron chi connectivity index (χ0n) is 14.1. The maximum Gasteiger partial charge on any atom is 0.410 e. The number of hydrogen-bond donors (Lipinski definition) is 0. The molecule has 1 amide bonds. The molecule has 0 bridgehead atoms. The molecule has 0 aromatic heterocycles. The monoisotopic (exact) mass is 299 g/mol. The molecule has 0 radical (unpaired) electrons. The molecule has 21 heavy (non-hydrogen) atoms. The summed E-state index contributed by atoms with van der Waals surface area (Å²) in [5.41, 5.74) is -0.485. The largest absolute Gasteiger partial charge is 0.469 e. The lowest BCUT2D eigenvalue weighted by Gasteiger charge is -2.42. The van der Waals surface area contributed by atoms with Crippen LogP contribution in [0.1, 0.15) is 47.5 Å². The van der Waals surface area contributed by atoms with Crippen LogP contribution in [0.2, 0.25) is 0 Å². The number of carbonyl (C=O) groups excluding carboxylic acids is 2. The first kappa shape index (κ1) is 17.8. The Morgan fingerprint density at radius 2 is 1.76 bits per heavy atom. The molecule has 1 fully saturated rings. The first-order valence-electron chi connectivity index (χ1n) is 7.69. The third-order valence-corrected chi connectivity index (χ3v) is 3.69. The van der Waals surface area contributed by atoms with E-state index in [9.17, 15) is 9.59 Å². The molecule has 0 saturated carbocycles. The summed E-state index contributed by atoms with van der Waals surface area (Å²) < 4.78 is 10.2. The number of esters is 1. The molecule has 1 unspecified atom stereocenters. The van der Waals surface area contributed by atoms with Gasteiger partial charge in [-0.15, -0.1) is 0 Å². The molecular weight excluding hydrogens is 270 g/mol. The van der Waals surface area contributed by atoms with E-state index in [0.717, 1.165) is 12.8 Å². The first-order chi connectivity index (χ1) is 9.64. The summed E-state index contributed by atoms with van der Waals surface area (Å²) in [5, 5.41) is 0. The summed E-state index contributed by atoms with van der Waals surface area (Å²) in [6.07, 6.45) is 1.51. The van der Waals surface area contributed by atoms with Crippen molar-refractivity contribution in [1.29, 1.82) is 0 Å². The van der Waals surface area contributed by atoms with E-state index < -0.39 is 5.60 Å². The zero-order chi connectivity index (χ0) is 16.2. The van der Waals surface area contributed by atoms with Gasteiger partial charge >= 0.3 is 12.1 Å². The van der Waals surface area contributed by atoms with Crippen LogP contribution in [-0.4, -0.2) is 42.8 Å². The van der Waals surface area contributed by atoms with Gasteiger partial charge in [0.25, 0.3) is 0 Å². The van der Waals surface area contributed by atoms with Crippen LogP contribution in [0.5, 0.6) is 0 Å². The second-order valence-corrected chi connectivity index (χ2v) is 7.25. The lowest BCUT2D eigenvalue weighted by atomic mass is 9.81. The molecule has 1 saturated heterocycles. The van der Waals surface area contributed by atoms with Crippen molar-refractivity contribution >= 4 is 12.1 Å². The number of nitrogens with zero attached hydrogens (tertiary/aromatic N) is 1. The summed E-state index contributed by atoms with van der Waals surface area (Å²) in [7, 11) is 1.43. The van der Waals surface area contributed by atoms with Gasteiger partial charge in [0.05, 0.1) is 13.0 Å². The van der Waals surface area contributed by atoms with E-state index in [-0.39, 0.29) is 23.9 Å². The summed E-state index contributed by atoms with van der Waals surface area (Å²) in [6, 6.07) is 0. The quantitative estimate of drug-likeness (QED) is 0.732. The van der Waals surface area contributed by atoms with E-state index >= 15 is 0 Å². The molecule has 5 nitrogen and oxygen atoms in total. The van der Waals surface area contributed by atoms with Gasteiger partial charge in [-0.05, 0) is 33.1 Å². The second-order valence-electron chi connectivity index (χ2n) is 7.25. The van der Waals surface area contributed by atoms with Crippen LogP contribution in [0.4, 0.5) is 4.79 Å². The van der Waals surface area contributed by atoms with E-state index in [1.165, 1.54) is 7.11 Å². The molecule has 1 rings (SSSR count). The van der Waals surface area contributed by atoms with Crippen molar-refractivity contribution < 1.29 is 19.1 Å². The van der Waals surface area contributed by atoms with Gasteiger partial charge in [0.1, 0.15) is 5.60 Å². The zero-order valence-corrected chi connectivity index (χ0v) is 14.1. The molecule has 0 aromatic carbocycles. The average Bonchev–Trinajstić information content (AvgIpc) is 2.27. The fourth-order valence-corrected chi connectivity index (χ4v) is 2.45. The van der Waals surface area contributed by atoms with Gasteiger partial charge in [-0.25, -0.2) is 4.79 Å². The minimum Gasteiger partial charge on any atom is -0.469 e. The Morgan fingerprint density at radius 3 is 2.19 bits per heavy atom. The lowest BCUT2D eigenvalue weighted by Crippen LogP contribution is -2.55. The van der Waals surface area contributed by atoms with Crippen molar-refractivity contribution in [1.82, 2.24) is 4.90 Å². The Labute approximate surface area is 128 Å². The number of carbonyl (C=O) groups is 2. The topological polar surface area (TPSA) is 55.8 Å². The van der Waals surface area contributed by atoms with Gasteiger partial charge in [0.15, 0.2) is 0 Å². The van der Waals surface area contributed by atoms with Crippen molar-refractivity contribution in [2.45, 2.75) is 53.1 Å². The molecule has 1 aliphatic rings. The van der Waals surface area contributed by atoms with E-state index in [0.29, 0.717) is 19.0 Å². The number of likely N-dealkylation sites (tertiary alicyclic amines) is 1. The van der Waals surface area contributed by atoms with Crippen LogP contribution in [-0.2, 0) is 14.3 Å². The van der Waals surface area contributed by atoms with E-state index in [1.807, 2.05) is 20.8 Å². The van der Waals surface area contributed by atoms with Crippen molar-refractivity contribution in [2.24, 2.45) is 17.8 Å². The highest BCUT2D eigenvalue weighted by atomic mass is 16.6. The van der Waals surface area contributed by atoms with Crippen LogP contribution in [0.3, 0.4) is 0 Å². The molecule has 1 atom stereocenters. The Kier molecular flexibility index (Phi) is 6.05. The van der Waals surface area contributed by atoms with Crippen LogP contribution in [0.25, 0.3) is 0 Å². The first-order valence-corrected chi connectivity index (χ1v) is 7.69. The van der Waals surface area contributed by atoms with E-state index in [1.54, 1.807) is 4.90 Å². The summed E-state index contributed by atoms with van der Waals surface area (Å²) in [5.74, 6) is 0.462. The van der Waals surface area contributed by atoms with Gasteiger partial charge in [0, 0.05) is 19.0 Å². The predicted molar refractivity (Wildman–Crippen MR) is 80.9 cm³/mol. The maximum atomic E-state index is 11.9. The molecule has 5 heteroatoms. The Morgan fingerprint density at radius 1 is 1.19 bits per heavy atom. The molecule has 1 aliphatic heterocycles. The molecule has 0 aromatic rings. The maximum absolute atomic E-state index is 11.9. The van der Waals surface area contributed by atoms with Crippen LogP contribution in [0.15, 0.2) is 0 Å². The van der Waals surface area contributed by atoms with Crippen LogP contribution >= 0.6 is 0 Å². The standard InChI is InChI=1S/C16H29NO4/c1-11(2)7-8-13(14(18)20-6)12-9-17(10-12)15(19)21-16(3,4)5/h11-13H,7-10H2,1-6H3. The summed E-state index contributed by atoms with van der Waals surface area (Å²) in [6.45, 7) is 11.0. The molecule has 0 aliphatic carbocycles. The highest BCUT2D eigenvalue weighted by Gasteiger charge is 2.41. The SMILES string of the molecule is COC(=O)C(CCC(C)C)C1CN(C(=O)OC(C)(C)C)C1. The lowest BCUT2D eigenvalue weighted by molar-refractivity contribution is -0.150. The number of methoxy groups -OCH3 is 1. The third kappa shape index (κ3) is 5.56. The normalized spacial score (nSPS) is 17.4. The average molecular weight is 299 g/mol. The molecule has 0 spiro atoms. The Hall–Kier alpha value is -1.26. The van der Waals surface area contributed by atoms with Gasteiger partial charge in [-0.2, -0.15) is 0 Å². The number of amides is 1. The number of hydrogen-bond acceptors (Lipinski definition) is 4. The highest BCUT2D eigenvalue weighted by molar-refractivity contribution is 5.74. The van der Waals surface area contributed by atoms with E-state index in [2.05, 4.69) is 13.8 Å². The van der Waals surface area contributed by atoms with Crippen molar-refractivity contribution in [3.05, 3.63) is 0 Å². The summed E-state index contributed by atoms with van der Waals surface area (Å²) >= 11 is 0. The van der Waals surface area contributed by atoms with Crippen molar-refractivity contribution in [2.75, 3.05) is 20.2 Å². The molecular formula is C16H29NO4. The van der Waals surface area contributed by atoms with Gasteiger partial charge in [-0.3, -0.25) is 4.79 Å². The van der Waals surface area contributed by atoms with Gasteiger partial charge in [-0.1, -0.05) is 20.3 Å². The van der Waals surface area contributed by atoms with Crippen molar-refractivity contribution in [3.8, 4) is 0 Å². The molecule has 1 heterocycles.